The first-order valence-corrected chi connectivity index (χ1v) is 6.89. The van der Waals surface area contributed by atoms with Crippen LogP contribution < -0.4 is 5.32 Å². The Bertz CT molecular complexity index is 403. The molecule has 0 heterocycles. The fourth-order valence-corrected chi connectivity index (χ4v) is 2.41. The highest BCUT2D eigenvalue weighted by Gasteiger charge is 2.24. The summed E-state index contributed by atoms with van der Waals surface area (Å²) in [5.41, 5.74) is 1.14. The summed E-state index contributed by atoms with van der Waals surface area (Å²) in [5.74, 6) is 0.273. The lowest BCUT2D eigenvalue weighted by Gasteiger charge is -2.23. The second-order valence-corrected chi connectivity index (χ2v) is 5.46. The van der Waals surface area contributed by atoms with Crippen molar-refractivity contribution in [3.63, 3.8) is 0 Å². The molecule has 1 N–H and O–H groups in total. The van der Waals surface area contributed by atoms with Gasteiger partial charge >= 0.3 is 0 Å². The molecule has 0 radical (unpaired) electrons. The van der Waals surface area contributed by atoms with E-state index in [4.69, 9.17) is 11.6 Å². The number of carbonyl (C=O) groups excluding carboxylic acids is 1. The molecule has 0 bridgehead atoms. The fourth-order valence-electron chi connectivity index (χ4n) is 2.21. The van der Waals surface area contributed by atoms with Crippen LogP contribution in [-0.4, -0.2) is 11.9 Å². The Morgan fingerprint density at radius 3 is 2.50 bits per heavy atom. The van der Waals surface area contributed by atoms with E-state index in [9.17, 15) is 4.79 Å². The topological polar surface area (TPSA) is 29.1 Å². The summed E-state index contributed by atoms with van der Waals surface area (Å²) in [7, 11) is 0. The SMILES string of the molecule is CCC(c1cccc(Cl)c1)C(C)C(=O)NC(C)C. The van der Waals surface area contributed by atoms with Crippen molar-refractivity contribution < 1.29 is 4.79 Å². The molecular formula is C15H22ClNO. The first-order valence-electron chi connectivity index (χ1n) is 6.51. The van der Waals surface area contributed by atoms with Gasteiger partial charge in [-0.1, -0.05) is 37.6 Å². The fraction of sp³-hybridized carbons (Fsp3) is 0.533. The van der Waals surface area contributed by atoms with Crippen molar-refractivity contribution in [1.29, 1.82) is 0 Å². The van der Waals surface area contributed by atoms with Gasteiger partial charge in [0, 0.05) is 17.0 Å². The first kappa shape index (κ1) is 15.0. The summed E-state index contributed by atoms with van der Waals surface area (Å²) in [6.45, 7) is 8.04. The number of benzene rings is 1. The van der Waals surface area contributed by atoms with Crippen molar-refractivity contribution in [2.24, 2.45) is 5.92 Å². The van der Waals surface area contributed by atoms with Gasteiger partial charge in [0.1, 0.15) is 0 Å². The molecule has 18 heavy (non-hydrogen) atoms. The van der Waals surface area contributed by atoms with E-state index in [-0.39, 0.29) is 23.8 Å². The highest BCUT2D eigenvalue weighted by Crippen LogP contribution is 2.29. The average Bonchev–Trinajstić information content (AvgIpc) is 2.29. The predicted octanol–water partition coefficient (Wildman–Crippen LogP) is 3.99. The molecule has 1 aromatic rings. The third-order valence-corrected chi connectivity index (χ3v) is 3.40. The molecular weight excluding hydrogens is 246 g/mol. The van der Waals surface area contributed by atoms with Gasteiger partial charge in [-0.05, 0) is 43.9 Å². The van der Waals surface area contributed by atoms with Gasteiger partial charge in [0.15, 0.2) is 0 Å². The van der Waals surface area contributed by atoms with Gasteiger partial charge in [0.05, 0.1) is 0 Å². The van der Waals surface area contributed by atoms with Gasteiger partial charge < -0.3 is 5.32 Å². The van der Waals surface area contributed by atoms with Crippen LogP contribution in [0, 0.1) is 5.92 Å². The van der Waals surface area contributed by atoms with Gasteiger partial charge in [-0.3, -0.25) is 4.79 Å². The van der Waals surface area contributed by atoms with Crippen molar-refractivity contribution in [1.82, 2.24) is 5.32 Å². The molecule has 0 aliphatic carbocycles. The molecule has 2 atom stereocenters. The summed E-state index contributed by atoms with van der Waals surface area (Å²) in [6, 6.07) is 7.97. The summed E-state index contributed by atoms with van der Waals surface area (Å²) in [4.78, 5) is 12.1. The first-order chi connectivity index (χ1) is 8.45. The molecule has 0 aromatic heterocycles. The predicted molar refractivity (Wildman–Crippen MR) is 76.9 cm³/mol. The zero-order valence-corrected chi connectivity index (χ0v) is 12.3. The van der Waals surface area contributed by atoms with Gasteiger partial charge in [-0.25, -0.2) is 0 Å². The van der Waals surface area contributed by atoms with Crippen LogP contribution in [0.1, 0.15) is 45.6 Å². The van der Waals surface area contributed by atoms with E-state index in [1.807, 2.05) is 45.0 Å². The lowest BCUT2D eigenvalue weighted by atomic mass is 9.84. The monoisotopic (exact) mass is 267 g/mol. The van der Waals surface area contributed by atoms with Gasteiger partial charge in [-0.15, -0.1) is 0 Å². The molecule has 0 fully saturated rings. The van der Waals surface area contributed by atoms with Crippen LogP contribution in [0.15, 0.2) is 24.3 Å². The highest BCUT2D eigenvalue weighted by molar-refractivity contribution is 6.30. The number of halogens is 1. The van der Waals surface area contributed by atoms with Crippen LogP contribution in [0.3, 0.4) is 0 Å². The van der Waals surface area contributed by atoms with Crippen molar-refractivity contribution >= 4 is 17.5 Å². The number of rotatable bonds is 5. The lowest BCUT2D eigenvalue weighted by molar-refractivity contribution is -0.125. The van der Waals surface area contributed by atoms with Gasteiger partial charge in [0.2, 0.25) is 5.91 Å². The van der Waals surface area contributed by atoms with Crippen LogP contribution in [0.4, 0.5) is 0 Å². The van der Waals surface area contributed by atoms with Crippen molar-refractivity contribution in [2.45, 2.75) is 46.1 Å². The highest BCUT2D eigenvalue weighted by atomic mass is 35.5. The Hall–Kier alpha value is -1.02. The van der Waals surface area contributed by atoms with E-state index in [2.05, 4.69) is 12.2 Å². The van der Waals surface area contributed by atoms with Crippen LogP contribution in [0.5, 0.6) is 0 Å². The smallest absolute Gasteiger partial charge is 0.223 e. The minimum Gasteiger partial charge on any atom is -0.354 e. The van der Waals surface area contributed by atoms with E-state index in [1.165, 1.54) is 0 Å². The average molecular weight is 268 g/mol. The summed E-state index contributed by atoms with van der Waals surface area (Å²) < 4.78 is 0. The molecule has 3 heteroatoms. The standard InChI is InChI=1S/C15H22ClNO/c1-5-14(11(4)15(18)17-10(2)3)12-7-6-8-13(16)9-12/h6-11,14H,5H2,1-4H3,(H,17,18). The maximum Gasteiger partial charge on any atom is 0.223 e. The second-order valence-electron chi connectivity index (χ2n) is 5.02. The number of hydrogen-bond donors (Lipinski definition) is 1. The zero-order chi connectivity index (χ0) is 13.7. The Morgan fingerprint density at radius 1 is 1.33 bits per heavy atom. The van der Waals surface area contributed by atoms with Crippen LogP contribution in [0.25, 0.3) is 0 Å². The van der Waals surface area contributed by atoms with Crippen LogP contribution >= 0.6 is 11.6 Å². The van der Waals surface area contributed by atoms with E-state index in [1.54, 1.807) is 0 Å². The Morgan fingerprint density at radius 2 is 2.00 bits per heavy atom. The minimum absolute atomic E-state index is 0.0455. The van der Waals surface area contributed by atoms with Crippen LogP contribution in [0.2, 0.25) is 5.02 Å². The Balaban J connectivity index is 2.86. The van der Waals surface area contributed by atoms with Gasteiger partial charge in [0.25, 0.3) is 0 Å². The molecule has 1 amide bonds. The Kier molecular flexibility index (Phi) is 5.67. The summed E-state index contributed by atoms with van der Waals surface area (Å²) in [6.07, 6.45) is 0.924. The quantitative estimate of drug-likeness (QED) is 0.859. The van der Waals surface area contributed by atoms with Crippen molar-refractivity contribution in [3.8, 4) is 0 Å². The largest absolute Gasteiger partial charge is 0.354 e. The van der Waals surface area contributed by atoms with E-state index in [0.29, 0.717) is 0 Å². The maximum atomic E-state index is 12.1. The van der Waals surface area contributed by atoms with Crippen molar-refractivity contribution in [3.05, 3.63) is 34.9 Å². The zero-order valence-electron chi connectivity index (χ0n) is 11.5. The molecule has 0 aliphatic heterocycles. The summed E-state index contributed by atoms with van der Waals surface area (Å²) >= 11 is 6.01. The van der Waals surface area contributed by atoms with Crippen molar-refractivity contribution in [2.75, 3.05) is 0 Å². The number of carbonyl (C=O) groups is 1. The normalized spacial score (nSPS) is 14.3. The van der Waals surface area contributed by atoms with E-state index < -0.39 is 0 Å². The molecule has 0 aliphatic rings. The minimum atomic E-state index is -0.0455. The van der Waals surface area contributed by atoms with Gasteiger partial charge in [-0.2, -0.15) is 0 Å². The third-order valence-electron chi connectivity index (χ3n) is 3.16. The van der Waals surface area contributed by atoms with E-state index in [0.717, 1.165) is 17.0 Å². The Labute approximate surface area is 115 Å². The molecule has 1 aromatic carbocycles. The molecule has 1 rings (SSSR count). The number of amides is 1. The third kappa shape index (κ3) is 4.02. The second kappa shape index (κ2) is 6.79. The molecule has 0 saturated carbocycles. The van der Waals surface area contributed by atoms with Crippen LogP contribution in [-0.2, 0) is 4.79 Å². The molecule has 100 valence electrons. The molecule has 2 unspecified atom stereocenters. The summed E-state index contributed by atoms with van der Waals surface area (Å²) in [5, 5.41) is 3.69. The number of nitrogens with one attached hydrogen (secondary N) is 1. The van der Waals surface area contributed by atoms with E-state index >= 15 is 0 Å². The molecule has 0 saturated heterocycles. The maximum absolute atomic E-state index is 12.1. The molecule has 0 spiro atoms. The number of hydrogen-bond acceptors (Lipinski definition) is 1. The lowest BCUT2D eigenvalue weighted by Crippen LogP contribution is -2.36. The molecule has 2 nitrogen and oxygen atoms in total.